The summed E-state index contributed by atoms with van der Waals surface area (Å²) in [4.78, 5) is 0. The monoisotopic (exact) mass is 438 g/mol. The molecule has 0 aliphatic heterocycles. The van der Waals surface area contributed by atoms with Gasteiger partial charge in [0.15, 0.2) is 8.68 Å². The highest BCUT2D eigenvalue weighted by Gasteiger charge is 2.06. The molecule has 24 heavy (non-hydrogen) atoms. The first-order valence-corrected chi connectivity index (χ1v) is 10.8. The molecule has 124 valence electrons. The van der Waals surface area contributed by atoms with E-state index >= 15 is 0 Å². The molecular formula is C17H15BrN2OS3. The summed E-state index contributed by atoms with van der Waals surface area (Å²) in [5.41, 5.74) is 2.53. The van der Waals surface area contributed by atoms with Crippen LogP contribution in [0, 0.1) is 0 Å². The van der Waals surface area contributed by atoms with Crippen molar-refractivity contribution in [3.05, 3.63) is 64.1 Å². The third-order valence-corrected chi connectivity index (χ3v) is 7.05. The number of methoxy groups -OCH3 is 1. The van der Waals surface area contributed by atoms with Crippen molar-refractivity contribution in [3.63, 3.8) is 0 Å². The molecule has 0 fully saturated rings. The molecule has 0 amide bonds. The lowest BCUT2D eigenvalue weighted by Crippen LogP contribution is -1.84. The van der Waals surface area contributed by atoms with Gasteiger partial charge in [0.25, 0.3) is 0 Å². The zero-order chi connectivity index (χ0) is 16.8. The summed E-state index contributed by atoms with van der Waals surface area (Å²) in [5.74, 6) is 2.67. The molecule has 1 aromatic heterocycles. The second-order valence-corrected chi connectivity index (χ2v) is 9.22. The van der Waals surface area contributed by atoms with E-state index in [-0.39, 0.29) is 0 Å². The zero-order valence-corrected chi connectivity index (χ0v) is 17.0. The molecule has 3 aromatic rings. The standard InChI is InChI=1S/C17H15BrN2OS3/c1-21-15-8-4-13(5-9-15)11-23-17-20-19-16(24-17)22-10-12-2-6-14(18)7-3-12/h2-9H,10-11H2,1H3. The van der Waals surface area contributed by atoms with Gasteiger partial charge < -0.3 is 4.74 Å². The van der Waals surface area contributed by atoms with Gasteiger partial charge in [-0.25, -0.2) is 0 Å². The van der Waals surface area contributed by atoms with Gasteiger partial charge in [-0.3, -0.25) is 0 Å². The van der Waals surface area contributed by atoms with Gasteiger partial charge in [0.1, 0.15) is 5.75 Å². The predicted octanol–water partition coefficient (Wildman–Crippen LogP) is 5.89. The topological polar surface area (TPSA) is 35.0 Å². The van der Waals surface area contributed by atoms with E-state index in [1.165, 1.54) is 11.1 Å². The summed E-state index contributed by atoms with van der Waals surface area (Å²) in [6.07, 6.45) is 0. The second kappa shape index (κ2) is 8.89. The van der Waals surface area contributed by atoms with Crippen LogP contribution in [0.3, 0.4) is 0 Å². The van der Waals surface area contributed by atoms with E-state index in [4.69, 9.17) is 4.74 Å². The molecular weight excluding hydrogens is 424 g/mol. The lowest BCUT2D eigenvalue weighted by Gasteiger charge is -2.01. The molecule has 0 N–H and O–H groups in total. The smallest absolute Gasteiger partial charge is 0.175 e. The maximum absolute atomic E-state index is 5.17. The van der Waals surface area contributed by atoms with Crippen LogP contribution >= 0.6 is 50.8 Å². The van der Waals surface area contributed by atoms with E-state index in [1.807, 2.05) is 12.1 Å². The van der Waals surface area contributed by atoms with Gasteiger partial charge in [-0.05, 0) is 35.4 Å². The van der Waals surface area contributed by atoms with Crippen LogP contribution in [-0.4, -0.2) is 17.3 Å². The van der Waals surface area contributed by atoms with Crippen molar-refractivity contribution in [2.45, 2.75) is 20.2 Å². The molecule has 0 saturated carbocycles. The summed E-state index contributed by atoms with van der Waals surface area (Å²) < 4.78 is 8.29. The first kappa shape index (κ1) is 17.8. The second-order valence-electron chi connectivity index (χ2n) is 4.89. The molecule has 3 rings (SSSR count). The summed E-state index contributed by atoms with van der Waals surface area (Å²) in [5, 5.41) is 8.54. The van der Waals surface area contributed by atoms with Gasteiger partial charge in [0, 0.05) is 16.0 Å². The van der Waals surface area contributed by atoms with Crippen molar-refractivity contribution in [3.8, 4) is 5.75 Å². The van der Waals surface area contributed by atoms with Crippen LogP contribution in [0.4, 0.5) is 0 Å². The Balaban J connectivity index is 1.50. The number of thioether (sulfide) groups is 2. The maximum Gasteiger partial charge on any atom is 0.175 e. The Morgan fingerprint density at radius 1 is 0.875 bits per heavy atom. The molecule has 0 atom stereocenters. The molecule has 2 aromatic carbocycles. The fraction of sp³-hybridized carbons (Fsp3) is 0.176. The first-order chi connectivity index (χ1) is 11.7. The number of nitrogens with zero attached hydrogens (tertiary/aromatic N) is 2. The lowest BCUT2D eigenvalue weighted by atomic mass is 10.2. The van der Waals surface area contributed by atoms with Gasteiger partial charge in [0.2, 0.25) is 0 Å². The maximum atomic E-state index is 5.17. The normalized spacial score (nSPS) is 10.8. The summed E-state index contributed by atoms with van der Waals surface area (Å²) in [6, 6.07) is 16.5. The van der Waals surface area contributed by atoms with Crippen molar-refractivity contribution in [1.29, 1.82) is 0 Å². The van der Waals surface area contributed by atoms with Crippen molar-refractivity contribution >= 4 is 50.8 Å². The minimum atomic E-state index is 0.881. The minimum Gasteiger partial charge on any atom is -0.497 e. The van der Waals surface area contributed by atoms with E-state index in [2.05, 4.69) is 62.5 Å². The molecule has 3 nitrogen and oxygen atoms in total. The van der Waals surface area contributed by atoms with Crippen molar-refractivity contribution in [1.82, 2.24) is 10.2 Å². The van der Waals surface area contributed by atoms with E-state index in [1.54, 1.807) is 42.0 Å². The highest BCUT2D eigenvalue weighted by atomic mass is 79.9. The third kappa shape index (κ3) is 5.24. The fourth-order valence-electron chi connectivity index (χ4n) is 1.91. The Morgan fingerprint density at radius 3 is 1.88 bits per heavy atom. The molecule has 0 aliphatic carbocycles. The van der Waals surface area contributed by atoms with E-state index in [0.717, 1.165) is 30.4 Å². The molecule has 7 heteroatoms. The average Bonchev–Trinajstić information content (AvgIpc) is 3.08. The van der Waals surface area contributed by atoms with Crippen molar-refractivity contribution in [2.75, 3.05) is 7.11 Å². The van der Waals surface area contributed by atoms with Crippen LogP contribution in [0.25, 0.3) is 0 Å². The van der Waals surface area contributed by atoms with Crippen molar-refractivity contribution in [2.24, 2.45) is 0 Å². The molecule has 0 saturated heterocycles. The van der Waals surface area contributed by atoms with Crippen molar-refractivity contribution < 1.29 is 4.74 Å². The quantitative estimate of drug-likeness (QED) is 0.429. The molecule has 0 aliphatic rings. The SMILES string of the molecule is COc1ccc(CSc2nnc(SCc3ccc(Br)cc3)s2)cc1. The number of ether oxygens (including phenoxy) is 1. The summed E-state index contributed by atoms with van der Waals surface area (Å²) in [6.45, 7) is 0. The third-order valence-electron chi connectivity index (χ3n) is 3.18. The van der Waals surface area contributed by atoms with Crippen LogP contribution in [0.1, 0.15) is 11.1 Å². The Hall–Kier alpha value is -1.02. The van der Waals surface area contributed by atoms with E-state index < -0.39 is 0 Å². The molecule has 0 spiro atoms. The number of halogens is 1. The van der Waals surface area contributed by atoms with Gasteiger partial charge in [-0.1, -0.05) is 75.1 Å². The highest BCUT2D eigenvalue weighted by Crippen LogP contribution is 2.32. The summed E-state index contributed by atoms with van der Waals surface area (Å²) in [7, 11) is 1.68. The lowest BCUT2D eigenvalue weighted by molar-refractivity contribution is 0.414. The predicted molar refractivity (Wildman–Crippen MR) is 106 cm³/mol. The first-order valence-electron chi connectivity index (χ1n) is 7.19. The Bertz CT molecular complexity index is 775. The van der Waals surface area contributed by atoms with Crippen LogP contribution < -0.4 is 4.74 Å². The minimum absolute atomic E-state index is 0.881. The van der Waals surface area contributed by atoms with Gasteiger partial charge >= 0.3 is 0 Å². The van der Waals surface area contributed by atoms with Crippen LogP contribution in [0.15, 0.2) is 61.7 Å². The van der Waals surface area contributed by atoms with E-state index in [9.17, 15) is 0 Å². The Morgan fingerprint density at radius 2 is 1.38 bits per heavy atom. The number of hydrogen-bond donors (Lipinski definition) is 0. The van der Waals surface area contributed by atoms with Crippen LogP contribution in [0.2, 0.25) is 0 Å². The van der Waals surface area contributed by atoms with E-state index in [0.29, 0.717) is 0 Å². The highest BCUT2D eigenvalue weighted by molar-refractivity contribution is 9.10. The van der Waals surface area contributed by atoms with Gasteiger partial charge in [-0.2, -0.15) is 0 Å². The average molecular weight is 439 g/mol. The zero-order valence-electron chi connectivity index (χ0n) is 12.9. The molecule has 1 heterocycles. The summed E-state index contributed by atoms with van der Waals surface area (Å²) >= 11 is 8.55. The van der Waals surface area contributed by atoms with Crippen LogP contribution in [-0.2, 0) is 11.5 Å². The van der Waals surface area contributed by atoms with Crippen LogP contribution in [0.5, 0.6) is 5.75 Å². The van der Waals surface area contributed by atoms with Gasteiger partial charge in [-0.15, -0.1) is 10.2 Å². The Labute approximate surface area is 162 Å². The number of aromatic nitrogens is 2. The number of benzene rings is 2. The molecule has 0 bridgehead atoms. The number of hydrogen-bond acceptors (Lipinski definition) is 6. The fourth-order valence-corrected chi connectivity index (χ4v) is 5.10. The molecule has 0 unspecified atom stereocenters. The van der Waals surface area contributed by atoms with Gasteiger partial charge in [0.05, 0.1) is 7.11 Å². The Kier molecular flexibility index (Phi) is 6.59. The number of rotatable bonds is 7. The largest absolute Gasteiger partial charge is 0.497 e. The molecule has 0 radical (unpaired) electrons.